The lowest BCUT2D eigenvalue weighted by Gasteiger charge is -2.18. The van der Waals surface area contributed by atoms with Gasteiger partial charge in [0.2, 0.25) is 10.0 Å². The molecule has 4 rings (SSSR count). The van der Waals surface area contributed by atoms with Crippen LogP contribution in [0.4, 0.5) is 4.39 Å². The first kappa shape index (κ1) is 16.5. The molecule has 25 heavy (non-hydrogen) atoms. The van der Waals surface area contributed by atoms with Gasteiger partial charge in [-0.2, -0.15) is 9.57 Å². The third-order valence-electron chi connectivity index (χ3n) is 4.75. The number of halogens is 2. The van der Waals surface area contributed by atoms with Gasteiger partial charge in [-0.1, -0.05) is 11.6 Å². The lowest BCUT2D eigenvalue weighted by atomic mass is 10.1. The number of sulfonamides is 1. The fourth-order valence-corrected chi connectivity index (χ4v) is 5.16. The van der Waals surface area contributed by atoms with Crippen molar-refractivity contribution in [3.8, 4) is 17.3 Å². The molecule has 1 aliphatic heterocycles. The Kier molecular flexibility index (Phi) is 3.80. The molecule has 2 fully saturated rings. The molecule has 1 saturated heterocycles. The summed E-state index contributed by atoms with van der Waals surface area (Å²) in [5, 5.41) is 9.07. The Balaban J connectivity index is 1.68. The molecule has 2 aliphatic rings. The smallest absolute Gasteiger partial charge is 0.234 e. The number of nitrogens with zero attached hydrogens (tertiary/aromatic N) is 3. The maximum Gasteiger partial charge on any atom is 0.243 e. The highest BCUT2D eigenvalue weighted by atomic mass is 35.5. The van der Waals surface area contributed by atoms with Crippen LogP contribution in [-0.4, -0.2) is 30.8 Å². The molecule has 8 heteroatoms. The summed E-state index contributed by atoms with van der Waals surface area (Å²) in [5.74, 6) is 0.281. The standard InChI is InChI=1S/C17H13ClFN3O2S/c18-14-6-12(25(23,24)22-8-10-5-11(10)9-22)1-2-13(14)16-4-3-15(19)17(7-20)21-16/h1-4,6,10-11H,5,8-9H2. The van der Waals surface area contributed by atoms with Crippen molar-refractivity contribution >= 4 is 21.6 Å². The Morgan fingerprint density at radius 1 is 1.24 bits per heavy atom. The van der Waals surface area contributed by atoms with Crippen LogP contribution in [0, 0.1) is 29.0 Å². The van der Waals surface area contributed by atoms with Crippen LogP contribution < -0.4 is 0 Å². The molecule has 1 aliphatic carbocycles. The zero-order valence-corrected chi connectivity index (χ0v) is 14.6. The molecule has 0 spiro atoms. The van der Waals surface area contributed by atoms with Crippen LogP contribution in [0.25, 0.3) is 11.3 Å². The van der Waals surface area contributed by atoms with Crippen molar-refractivity contribution in [1.29, 1.82) is 5.26 Å². The van der Waals surface area contributed by atoms with Crippen LogP contribution in [-0.2, 0) is 10.0 Å². The minimum Gasteiger partial charge on any atom is -0.234 e. The van der Waals surface area contributed by atoms with Crippen LogP contribution >= 0.6 is 11.6 Å². The quantitative estimate of drug-likeness (QED) is 0.824. The van der Waals surface area contributed by atoms with Crippen molar-refractivity contribution in [2.75, 3.05) is 13.1 Å². The second-order valence-electron chi connectivity index (χ2n) is 6.36. The fraction of sp³-hybridized carbons (Fsp3) is 0.294. The summed E-state index contributed by atoms with van der Waals surface area (Å²) >= 11 is 6.25. The lowest BCUT2D eigenvalue weighted by Crippen LogP contribution is -2.30. The molecule has 1 saturated carbocycles. The zero-order chi connectivity index (χ0) is 17.8. The maximum atomic E-state index is 13.4. The van der Waals surface area contributed by atoms with Crippen molar-refractivity contribution in [2.24, 2.45) is 11.8 Å². The van der Waals surface area contributed by atoms with E-state index in [0.717, 1.165) is 12.5 Å². The average Bonchev–Trinajstić information content (AvgIpc) is 3.20. The van der Waals surface area contributed by atoms with E-state index in [1.54, 1.807) is 6.07 Å². The van der Waals surface area contributed by atoms with E-state index in [1.165, 1.54) is 28.6 Å². The van der Waals surface area contributed by atoms with Crippen molar-refractivity contribution in [3.63, 3.8) is 0 Å². The van der Waals surface area contributed by atoms with Gasteiger partial charge in [0.05, 0.1) is 15.6 Å². The first-order valence-electron chi connectivity index (χ1n) is 7.77. The summed E-state index contributed by atoms with van der Waals surface area (Å²) in [4.78, 5) is 4.06. The summed E-state index contributed by atoms with van der Waals surface area (Å²) in [5.41, 5.74) is 0.428. The van der Waals surface area contributed by atoms with Crippen molar-refractivity contribution in [1.82, 2.24) is 9.29 Å². The van der Waals surface area contributed by atoms with Gasteiger partial charge in [-0.05, 0) is 48.6 Å². The van der Waals surface area contributed by atoms with E-state index >= 15 is 0 Å². The SMILES string of the molecule is N#Cc1nc(-c2ccc(S(=O)(=O)N3CC4CC4C3)cc2Cl)ccc1F. The Labute approximate surface area is 149 Å². The van der Waals surface area contributed by atoms with Gasteiger partial charge in [0, 0.05) is 18.7 Å². The van der Waals surface area contributed by atoms with E-state index in [9.17, 15) is 12.8 Å². The van der Waals surface area contributed by atoms with Gasteiger partial charge in [0.15, 0.2) is 11.5 Å². The highest BCUT2D eigenvalue weighted by molar-refractivity contribution is 7.89. The number of piperidine rings is 1. The largest absolute Gasteiger partial charge is 0.243 e. The zero-order valence-electron chi connectivity index (χ0n) is 13.0. The van der Waals surface area contributed by atoms with Crippen LogP contribution in [0.5, 0.6) is 0 Å². The first-order chi connectivity index (χ1) is 11.9. The Hall–Kier alpha value is -2.01. The molecule has 0 radical (unpaired) electrons. The average molecular weight is 378 g/mol. The molecule has 128 valence electrons. The first-order valence-corrected chi connectivity index (χ1v) is 9.58. The predicted molar refractivity (Wildman–Crippen MR) is 89.7 cm³/mol. The molecule has 5 nitrogen and oxygen atoms in total. The second-order valence-corrected chi connectivity index (χ2v) is 8.70. The van der Waals surface area contributed by atoms with Crippen LogP contribution in [0.3, 0.4) is 0 Å². The number of nitriles is 1. The minimum atomic E-state index is -3.57. The number of aromatic nitrogens is 1. The van der Waals surface area contributed by atoms with Crippen molar-refractivity contribution < 1.29 is 12.8 Å². The van der Waals surface area contributed by atoms with Gasteiger partial charge < -0.3 is 0 Å². The summed E-state index contributed by atoms with van der Waals surface area (Å²) in [6.45, 7) is 1.13. The number of benzene rings is 1. The highest BCUT2D eigenvalue weighted by Crippen LogP contribution is 2.46. The summed E-state index contributed by atoms with van der Waals surface area (Å²) in [6, 6.07) is 8.60. The van der Waals surface area contributed by atoms with Gasteiger partial charge in [0.1, 0.15) is 6.07 Å². The van der Waals surface area contributed by atoms with Gasteiger partial charge in [-0.25, -0.2) is 17.8 Å². The molecule has 2 aromatic rings. The maximum absolute atomic E-state index is 13.4. The molecular formula is C17H13ClFN3O2S. The molecule has 1 aromatic carbocycles. The normalized spacial score (nSPS) is 22.4. The summed E-state index contributed by atoms with van der Waals surface area (Å²) in [7, 11) is -3.57. The number of fused-ring (bicyclic) bond motifs is 1. The predicted octanol–water partition coefficient (Wildman–Crippen LogP) is 3.05. The van der Waals surface area contributed by atoms with Gasteiger partial charge >= 0.3 is 0 Å². The van der Waals surface area contributed by atoms with E-state index in [2.05, 4.69) is 4.98 Å². The van der Waals surface area contributed by atoms with Crippen LogP contribution in [0.2, 0.25) is 5.02 Å². The molecule has 2 heterocycles. The number of hydrogen-bond donors (Lipinski definition) is 0. The third-order valence-corrected chi connectivity index (χ3v) is 6.89. The molecule has 0 amide bonds. The van der Waals surface area contributed by atoms with Crippen LogP contribution in [0.1, 0.15) is 12.1 Å². The molecule has 2 unspecified atom stereocenters. The van der Waals surface area contributed by atoms with E-state index in [4.69, 9.17) is 16.9 Å². The molecular weight excluding hydrogens is 365 g/mol. The van der Waals surface area contributed by atoms with Gasteiger partial charge in [-0.15, -0.1) is 0 Å². The van der Waals surface area contributed by atoms with Crippen LogP contribution in [0.15, 0.2) is 35.2 Å². The Morgan fingerprint density at radius 2 is 1.96 bits per heavy atom. The Morgan fingerprint density at radius 3 is 2.60 bits per heavy atom. The van der Waals surface area contributed by atoms with Crippen molar-refractivity contribution in [2.45, 2.75) is 11.3 Å². The summed E-state index contributed by atoms with van der Waals surface area (Å²) < 4.78 is 40.3. The molecule has 0 bridgehead atoms. The minimum absolute atomic E-state index is 0.130. The monoisotopic (exact) mass is 377 g/mol. The summed E-state index contributed by atoms with van der Waals surface area (Å²) in [6.07, 6.45) is 1.11. The molecule has 0 N–H and O–H groups in total. The topological polar surface area (TPSA) is 74.1 Å². The molecule has 1 aromatic heterocycles. The fourth-order valence-electron chi connectivity index (χ4n) is 3.24. The highest BCUT2D eigenvalue weighted by Gasteiger charge is 2.48. The third kappa shape index (κ3) is 2.80. The second kappa shape index (κ2) is 5.77. The number of hydrogen-bond acceptors (Lipinski definition) is 4. The van der Waals surface area contributed by atoms with E-state index in [-0.39, 0.29) is 15.6 Å². The van der Waals surface area contributed by atoms with Crippen molar-refractivity contribution in [3.05, 3.63) is 46.9 Å². The van der Waals surface area contributed by atoms with E-state index in [0.29, 0.717) is 36.2 Å². The number of rotatable bonds is 3. The van der Waals surface area contributed by atoms with E-state index in [1.807, 2.05) is 0 Å². The molecule has 2 atom stereocenters. The van der Waals surface area contributed by atoms with E-state index < -0.39 is 15.8 Å². The van der Waals surface area contributed by atoms with Gasteiger partial charge in [-0.3, -0.25) is 0 Å². The lowest BCUT2D eigenvalue weighted by molar-refractivity contribution is 0.443. The number of pyridine rings is 1. The van der Waals surface area contributed by atoms with Gasteiger partial charge in [0.25, 0.3) is 0 Å². The Bertz CT molecular complexity index is 1010.